The molecule has 1 aromatic heterocycles. The second-order valence-corrected chi connectivity index (χ2v) is 8.27. The standard InChI is InChI=1S/C20H29N3O3/c24-19-9-13(11-23-12-16(10-21-23)20(25)26)8-18(19)22-17-6-4-15(5-7-17)14-2-1-3-14/h10,12-13,17-19,22,24H,1-9,11H2,(H,25,26)/t13?,18-,19-/m1/s1. The van der Waals surface area contributed by atoms with Crippen LogP contribution in [0.2, 0.25) is 0 Å². The van der Waals surface area contributed by atoms with Crippen molar-refractivity contribution in [2.24, 2.45) is 5.92 Å². The van der Waals surface area contributed by atoms with E-state index in [0.29, 0.717) is 18.5 Å². The zero-order chi connectivity index (χ0) is 18.1. The fourth-order valence-corrected chi connectivity index (χ4v) is 4.78. The quantitative estimate of drug-likeness (QED) is 0.704. The lowest BCUT2D eigenvalue weighted by Gasteiger charge is -2.32. The first-order valence-corrected chi connectivity index (χ1v) is 9.98. The van der Waals surface area contributed by atoms with Crippen molar-refractivity contribution in [3.63, 3.8) is 0 Å². The van der Waals surface area contributed by atoms with Gasteiger partial charge in [0.15, 0.2) is 0 Å². The Morgan fingerprint density at radius 2 is 1.92 bits per heavy atom. The van der Waals surface area contributed by atoms with Gasteiger partial charge in [0.25, 0.3) is 0 Å². The zero-order valence-corrected chi connectivity index (χ0v) is 15.2. The number of aliphatic hydroxyl groups is 1. The average Bonchev–Trinajstić information content (AvgIpc) is 3.15. The molecule has 0 bridgehead atoms. The van der Waals surface area contributed by atoms with E-state index in [2.05, 4.69) is 10.4 Å². The molecule has 0 aliphatic heterocycles. The maximum atomic E-state index is 11.0. The topological polar surface area (TPSA) is 87.4 Å². The number of nitrogens with one attached hydrogen (secondary N) is 1. The molecule has 3 N–H and O–H groups in total. The third-order valence-electron chi connectivity index (χ3n) is 6.45. The van der Waals surface area contributed by atoms with Crippen molar-refractivity contribution in [2.75, 3.05) is 0 Å². The van der Waals surface area contributed by atoms with Gasteiger partial charge < -0.3 is 15.5 Å². The normalized spacial score (nSPS) is 31.9. The van der Waals surface area contributed by atoms with Crippen molar-refractivity contribution < 1.29 is 15.0 Å². The van der Waals surface area contributed by atoms with Crippen LogP contribution >= 0.6 is 0 Å². The second-order valence-electron chi connectivity index (χ2n) is 8.27. The van der Waals surface area contributed by atoms with Crippen LogP contribution in [0.3, 0.4) is 0 Å². The minimum absolute atomic E-state index is 0.150. The Morgan fingerprint density at radius 3 is 2.54 bits per heavy atom. The fourth-order valence-electron chi connectivity index (χ4n) is 4.78. The molecule has 26 heavy (non-hydrogen) atoms. The molecule has 3 aliphatic rings. The van der Waals surface area contributed by atoms with E-state index in [1.165, 1.54) is 51.1 Å². The zero-order valence-electron chi connectivity index (χ0n) is 15.2. The van der Waals surface area contributed by atoms with E-state index in [-0.39, 0.29) is 17.7 Å². The van der Waals surface area contributed by atoms with Crippen LogP contribution in [0.4, 0.5) is 0 Å². The van der Waals surface area contributed by atoms with Crippen molar-refractivity contribution in [1.29, 1.82) is 0 Å². The molecule has 4 rings (SSSR count). The van der Waals surface area contributed by atoms with Crippen LogP contribution in [0.15, 0.2) is 23.5 Å². The lowest BCUT2D eigenvalue weighted by molar-refractivity contribution is 0.0696. The number of allylic oxidation sites excluding steroid dienone is 2. The second kappa shape index (κ2) is 7.53. The molecule has 3 fully saturated rings. The monoisotopic (exact) mass is 359 g/mol. The van der Waals surface area contributed by atoms with Crippen molar-refractivity contribution in [3.8, 4) is 0 Å². The number of aliphatic hydroxyl groups excluding tert-OH is 1. The van der Waals surface area contributed by atoms with Gasteiger partial charge in [-0.15, -0.1) is 0 Å². The first-order chi connectivity index (χ1) is 12.6. The average molecular weight is 359 g/mol. The number of carboxylic acids is 1. The number of carbonyl (C=O) groups is 1. The summed E-state index contributed by atoms with van der Waals surface area (Å²) in [7, 11) is 0. The van der Waals surface area contributed by atoms with Crippen LogP contribution in [0, 0.1) is 5.92 Å². The van der Waals surface area contributed by atoms with Gasteiger partial charge >= 0.3 is 5.97 Å². The molecular formula is C20H29N3O3. The molecule has 0 aromatic carbocycles. The number of aromatic carboxylic acids is 1. The van der Waals surface area contributed by atoms with Crippen molar-refractivity contribution in [1.82, 2.24) is 15.1 Å². The maximum absolute atomic E-state index is 11.0. The van der Waals surface area contributed by atoms with Gasteiger partial charge in [-0.25, -0.2) is 4.79 Å². The Hall–Kier alpha value is -1.66. The van der Waals surface area contributed by atoms with Gasteiger partial charge in [-0.3, -0.25) is 4.68 Å². The Bertz CT molecular complexity index is 680. The highest BCUT2D eigenvalue weighted by Gasteiger charge is 2.35. The molecule has 0 radical (unpaired) electrons. The van der Waals surface area contributed by atoms with E-state index in [1.807, 2.05) is 0 Å². The van der Waals surface area contributed by atoms with E-state index in [9.17, 15) is 9.90 Å². The van der Waals surface area contributed by atoms with Crippen molar-refractivity contribution >= 4 is 5.97 Å². The van der Waals surface area contributed by atoms with E-state index in [1.54, 1.807) is 22.0 Å². The molecular weight excluding hydrogens is 330 g/mol. The summed E-state index contributed by atoms with van der Waals surface area (Å²) in [5, 5.41) is 27.3. The van der Waals surface area contributed by atoms with Crippen LogP contribution in [-0.4, -0.2) is 44.2 Å². The number of carboxylic acid groups (broad SMARTS) is 1. The Labute approximate surface area is 154 Å². The third-order valence-corrected chi connectivity index (χ3v) is 6.45. The van der Waals surface area contributed by atoms with Crippen LogP contribution < -0.4 is 5.32 Å². The smallest absolute Gasteiger partial charge is 0.338 e. The number of hydrogen-bond acceptors (Lipinski definition) is 4. The van der Waals surface area contributed by atoms with E-state index in [4.69, 9.17) is 5.11 Å². The van der Waals surface area contributed by atoms with Crippen molar-refractivity contribution in [3.05, 3.63) is 29.1 Å². The Balaban J connectivity index is 1.26. The minimum atomic E-state index is -0.948. The highest BCUT2D eigenvalue weighted by molar-refractivity contribution is 5.86. The lowest BCUT2D eigenvalue weighted by Crippen LogP contribution is -2.43. The van der Waals surface area contributed by atoms with Crippen LogP contribution in [0.1, 0.15) is 68.1 Å². The molecule has 3 aliphatic carbocycles. The summed E-state index contributed by atoms with van der Waals surface area (Å²) in [6.07, 6.45) is 13.2. The number of rotatable bonds is 5. The van der Waals surface area contributed by atoms with E-state index >= 15 is 0 Å². The van der Waals surface area contributed by atoms with Gasteiger partial charge in [0.05, 0.1) is 17.9 Å². The molecule has 0 spiro atoms. The summed E-state index contributed by atoms with van der Waals surface area (Å²) in [5.41, 5.74) is 3.66. The van der Waals surface area contributed by atoms with Gasteiger partial charge in [-0.05, 0) is 63.7 Å². The summed E-state index contributed by atoms with van der Waals surface area (Å²) in [4.78, 5) is 11.0. The largest absolute Gasteiger partial charge is 0.478 e. The number of aromatic nitrogens is 2. The highest BCUT2D eigenvalue weighted by atomic mass is 16.4. The van der Waals surface area contributed by atoms with Gasteiger partial charge in [0, 0.05) is 24.8 Å². The summed E-state index contributed by atoms with van der Waals surface area (Å²) >= 11 is 0. The summed E-state index contributed by atoms with van der Waals surface area (Å²) in [6.45, 7) is 0.670. The van der Waals surface area contributed by atoms with Crippen LogP contribution in [0.5, 0.6) is 0 Å². The predicted molar refractivity (Wildman–Crippen MR) is 98.0 cm³/mol. The molecule has 3 atom stereocenters. The van der Waals surface area contributed by atoms with Crippen LogP contribution in [-0.2, 0) is 6.54 Å². The molecule has 1 aromatic rings. The van der Waals surface area contributed by atoms with E-state index < -0.39 is 5.97 Å². The summed E-state index contributed by atoms with van der Waals surface area (Å²) in [5.74, 6) is -0.615. The number of nitrogens with zero attached hydrogens (tertiary/aromatic N) is 2. The molecule has 1 heterocycles. The van der Waals surface area contributed by atoms with Gasteiger partial charge in [-0.2, -0.15) is 5.10 Å². The molecule has 1 unspecified atom stereocenters. The molecule has 6 heteroatoms. The van der Waals surface area contributed by atoms with Gasteiger partial charge in [0.2, 0.25) is 0 Å². The highest BCUT2D eigenvalue weighted by Crippen LogP contribution is 2.36. The molecule has 3 saturated carbocycles. The fraction of sp³-hybridized carbons (Fsp3) is 0.700. The number of hydrogen-bond donors (Lipinski definition) is 3. The van der Waals surface area contributed by atoms with Gasteiger partial charge in [-0.1, -0.05) is 11.1 Å². The Kier molecular flexibility index (Phi) is 5.14. The van der Waals surface area contributed by atoms with E-state index in [0.717, 1.165) is 12.8 Å². The van der Waals surface area contributed by atoms with Gasteiger partial charge in [0.1, 0.15) is 0 Å². The summed E-state index contributed by atoms with van der Waals surface area (Å²) < 4.78 is 1.70. The summed E-state index contributed by atoms with van der Waals surface area (Å²) in [6, 6.07) is 0.665. The minimum Gasteiger partial charge on any atom is -0.478 e. The lowest BCUT2D eigenvalue weighted by atomic mass is 9.80. The van der Waals surface area contributed by atoms with Crippen LogP contribution in [0.25, 0.3) is 0 Å². The molecule has 142 valence electrons. The predicted octanol–water partition coefficient (Wildman–Crippen LogP) is 2.73. The third kappa shape index (κ3) is 3.86. The Morgan fingerprint density at radius 1 is 1.19 bits per heavy atom. The molecule has 0 saturated heterocycles. The maximum Gasteiger partial charge on any atom is 0.338 e. The first-order valence-electron chi connectivity index (χ1n) is 9.98. The van der Waals surface area contributed by atoms with Crippen molar-refractivity contribution in [2.45, 2.75) is 82.5 Å². The first kappa shape index (κ1) is 17.7. The molecule has 6 nitrogen and oxygen atoms in total. The SMILES string of the molecule is O=C(O)c1cnn(CC2C[C@@H](O)[C@H](NC3CCC(=C4CCC4)CC3)C2)c1. The molecule has 0 amide bonds.